The molecule has 2 amide bonds. The number of benzene rings is 1. The molecule has 1 aromatic rings. The number of ether oxygens (including phenoxy) is 1. The van der Waals surface area contributed by atoms with E-state index in [-0.39, 0.29) is 43.5 Å². The van der Waals surface area contributed by atoms with Crippen molar-refractivity contribution >= 4 is 23.4 Å². The number of hydrogen-bond donors (Lipinski definition) is 1. The van der Waals surface area contributed by atoms with Crippen molar-refractivity contribution in [1.29, 1.82) is 0 Å². The van der Waals surface area contributed by atoms with Crippen LogP contribution in [-0.2, 0) is 16.1 Å². The molecule has 0 unspecified atom stereocenters. The number of amides is 2. The van der Waals surface area contributed by atoms with Crippen LogP contribution in [0.3, 0.4) is 0 Å². The van der Waals surface area contributed by atoms with Crippen molar-refractivity contribution in [2.45, 2.75) is 63.5 Å². The van der Waals surface area contributed by atoms with Crippen LogP contribution >= 0.6 is 11.6 Å². The summed E-state index contributed by atoms with van der Waals surface area (Å²) < 4.78 is 32.3. The molecule has 0 bridgehead atoms. The number of hydrogen-bond acceptors (Lipinski definition) is 4. The summed E-state index contributed by atoms with van der Waals surface area (Å²) in [5, 5.41) is 3.33. The summed E-state index contributed by atoms with van der Waals surface area (Å²) in [6, 6.07) is 5.82. The summed E-state index contributed by atoms with van der Waals surface area (Å²) in [6.45, 7) is 3.36. The fraction of sp³-hybridized carbons (Fsp3) is 0.667. The molecule has 0 aromatic heterocycles. The lowest BCUT2D eigenvalue weighted by atomic mass is 9.84. The van der Waals surface area contributed by atoms with Gasteiger partial charge in [-0.15, -0.1) is 0 Å². The van der Waals surface area contributed by atoms with Gasteiger partial charge < -0.3 is 15.0 Å². The third-order valence-corrected chi connectivity index (χ3v) is 6.86. The van der Waals surface area contributed by atoms with Crippen molar-refractivity contribution in [2.75, 3.05) is 32.7 Å². The van der Waals surface area contributed by atoms with Gasteiger partial charge in [0.05, 0.1) is 12.6 Å². The minimum absolute atomic E-state index is 0.0232. The molecule has 1 N–H and O–H groups in total. The highest BCUT2D eigenvalue weighted by atomic mass is 35.5. The van der Waals surface area contributed by atoms with Gasteiger partial charge in [-0.25, -0.2) is 8.78 Å². The summed E-state index contributed by atoms with van der Waals surface area (Å²) in [7, 11) is 0. The fourth-order valence-electron chi connectivity index (χ4n) is 4.50. The monoisotopic (exact) mass is 483 g/mol. The van der Waals surface area contributed by atoms with Crippen LogP contribution in [0, 0.1) is 5.92 Å². The van der Waals surface area contributed by atoms with Crippen LogP contribution < -0.4 is 10.1 Å². The first kappa shape index (κ1) is 24.2. The molecule has 1 aromatic carbocycles. The number of carbonyl (C=O) groups is 2. The number of carbonyl (C=O) groups excluding carboxylic acids is 2. The van der Waals surface area contributed by atoms with E-state index in [1.165, 1.54) is 0 Å². The topological polar surface area (TPSA) is 61.9 Å². The Morgan fingerprint density at radius 1 is 1.06 bits per heavy atom. The zero-order valence-electron chi connectivity index (χ0n) is 18.8. The fourth-order valence-corrected chi connectivity index (χ4v) is 4.74. The SMILES string of the molecule is O=C(CC1CCC(F)(F)CC1)NCC(=O)N1CCN(Cc2cc(Cl)cc(OC3CC3)c2)CC1. The van der Waals surface area contributed by atoms with Crippen LogP contribution in [0.25, 0.3) is 0 Å². The second kappa shape index (κ2) is 10.6. The Morgan fingerprint density at radius 2 is 1.76 bits per heavy atom. The van der Waals surface area contributed by atoms with Crippen molar-refractivity contribution in [1.82, 2.24) is 15.1 Å². The van der Waals surface area contributed by atoms with Gasteiger partial charge in [-0.05, 0) is 55.4 Å². The van der Waals surface area contributed by atoms with E-state index in [2.05, 4.69) is 10.2 Å². The molecule has 9 heteroatoms. The van der Waals surface area contributed by atoms with Gasteiger partial charge in [0, 0.05) is 57.0 Å². The first-order valence-electron chi connectivity index (χ1n) is 11.9. The molecule has 0 radical (unpaired) electrons. The van der Waals surface area contributed by atoms with E-state index in [9.17, 15) is 18.4 Å². The largest absolute Gasteiger partial charge is 0.490 e. The van der Waals surface area contributed by atoms with E-state index in [0.29, 0.717) is 37.1 Å². The predicted octanol–water partition coefficient (Wildman–Crippen LogP) is 3.86. The Labute approximate surface area is 198 Å². The molecule has 1 heterocycles. The molecule has 2 aliphatic carbocycles. The van der Waals surface area contributed by atoms with E-state index in [1.807, 2.05) is 18.2 Å². The van der Waals surface area contributed by atoms with E-state index in [1.54, 1.807) is 4.90 Å². The predicted molar refractivity (Wildman–Crippen MR) is 121 cm³/mol. The molecule has 4 rings (SSSR count). The maximum Gasteiger partial charge on any atom is 0.248 e. The minimum Gasteiger partial charge on any atom is -0.490 e. The number of nitrogens with one attached hydrogen (secondary N) is 1. The van der Waals surface area contributed by atoms with Crippen LogP contribution in [0.1, 0.15) is 50.5 Å². The normalized spacial score (nSPS) is 21.6. The quantitative estimate of drug-likeness (QED) is 0.610. The van der Waals surface area contributed by atoms with Crippen LogP contribution in [0.2, 0.25) is 5.02 Å². The Kier molecular flexibility index (Phi) is 7.74. The maximum atomic E-state index is 13.2. The van der Waals surface area contributed by atoms with Crippen molar-refractivity contribution < 1.29 is 23.1 Å². The average Bonchev–Trinajstić information content (AvgIpc) is 3.57. The van der Waals surface area contributed by atoms with Gasteiger partial charge >= 0.3 is 0 Å². The van der Waals surface area contributed by atoms with Gasteiger partial charge in [-0.3, -0.25) is 14.5 Å². The van der Waals surface area contributed by atoms with Crippen LogP contribution in [0.15, 0.2) is 18.2 Å². The second-order valence-corrected chi connectivity index (χ2v) is 9.99. The molecule has 1 saturated heterocycles. The van der Waals surface area contributed by atoms with Crippen molar-refractivity contribution in [3.8, 4) is 5.75 Å². The van der Waals surface area contributed by atoms with E-state index < -0.39 is 5.92 Å². The molecule has 182 valence electrons. The van der Waals surface area contributed by atoms with Gasteiger partial charge in [0.25, 0.3) is 0 Å². The van der Waals surface area contributed by atoms with Gasteiger partial charge in [0.2, 0.25) is 17.7 Å². The summed E-state index contributed by atoms with van der Waals surface area (Å²) in [6.07, 6.45) is 3.13. The van der Waals surface area contributed by atoms with Crippen molar-refractivity contribution in [3.63, 3.8) is 0 Å². The molecule has 3 fully saturated rings. The molecule has 6 nitrogen and oxygen atoms in total. The lowest BCUT2D eigenvalue weighted by Gasteiger charge is -2.35. The smallest absolute Gasteiger partial charge is 0.248 e. The Bertz CT molecular complexity index is 847. The third kappa shape index (κ3) is 7.54. The van der Waals surface area contributed by atoms with Gasteiger partial charge in [-0.1, -0.05) is 11.6 Å². The summed E-state index contributed by atoms with van der Waals surface area (Å²) in [5.41, 5.74) is 1.09. The molecule has 1 aliphatic heterocycles. The molecule has 0 atom stereocenters. The molecule has 33 heavy (non-hydrogen) atoms. The average molecular weight is 484 g/mol. The highest BCUT2D eigenvalue weighted by Gasteiger charge is 2.35. The first-order valence-corrected chi connectivity index (χ1v) is 12.2. The van der Waals surface area contributed by atoms with Crippen molar-refractivity contribution in [3.05, 3.63) is 28.8 Å². The molecule has 3 aliphatic rings. The van der Waals surface area contributed by atoms with E-state index in [4.69, 9.17) is 16.3 Å². The Morgan fingerprint density at radius 3 is 2.42 bits per heavy atom. The lowest BCUT2D eigenvalue weighted by molar-refractivity contribution is -0.134. The number of alkyl halides is 2. The summed E-state index contributed by atoms with van der Waals surface area (Å²) >= 11 is 6.25. The number of rotatable bonds is 8. The number of nitrogens with zero attached hydrogens (tertiary/aromatic N) is 2. The maximum absolute atomic E-state index is 13.2. The number of piperazine rings is 1. The minimum atomic E-state index is -2.59. The molecular formula is C24H32ClF2N3O3. The van der Waals surface area contributed by atoms with E-state index >= 15 is 0 Å². The zero-order valence-corrected chi connectivity index (χ0v) is 19.6. The Hall–Kier alpha value is -1.93. The molecule has 2 saturated carbocycles. The second-order valence-electron chi connectivity index (χ2n) is 9.55. The highest BCUT2D eigenvalue weighted by molar-refractivity contribution is 6.30. The van der Waals surface area contributed by atoms with Crippen molar-refractivity contribution in [2.24, 2.45) is 5.92 Å². The highest BCUT2D eigenvalue weighted by Crippen LogP contribution is 2.37. The van der Waals surface area contributed by atoms with Gasteiger partial charge in [-0.2, -0.15) is 0 Å². The molecular weight excluding hydrogens is 452 g/mol. The standard InChI is InChI=1S/C24H32ClF2N3O3/c25-19-11-18(12-21(14-19)33-20-1-2-20)16-29-7-9-30(10-8-29)23(32)15-28-22(31)13-17-3-5-24(26,27)6-4-17/h11-12,14,17,20H,1-10,13,15-16H2,(H,28,31). The summed E-state index contributed by atoms with van der Waals surface area (Å²) in [4.78, 5) is 28.7. The molecule has 0 spiro atoms. The van der Waals surface area contributed by atoms with E-state index in [0.717, 1.165) is 43.8 Å². The van der Waals surface area contributed by atoms with Crippen LogP contribution in [0.5, 0.6) is 5.75 Å². The summed E-state index contributed by atoms with van der Waals surface area (Å²) in [5.74, 6) is -2.15. The van der Waals surface area contributed by atoms with Crippen LogP contribution in [0.4, 0.5) is 8.78 Å². The third-order valence-electron chi connectivity index (χ3n) is 6.64. The first-order chi connectivity index (χ1) is 15.8. The number of halogens is 3. The Balaban J connectivity index is 1.16. The van der Waals surface area contributed by atoms with Gasteiger partial charge in [0.1, 0.15) is 5.75 Å². The lowest BCUT2D eigenvalue weighted by Crippen LogP contribution is -2.50. The van der Waals surface area contributed by atoms with Crippen LogP contribution in [-0.4, -0.2) is 66.4 Å². The zero-order chi connectivity index (χ0) is 23.4. The van der Waals surface area contributed by atoms with Gasteiger partial charge in [0.15, 0.2) is 0 Å².